The molecular weight excluding hydrogens is 386 g/mol. The van der Waals surface area contributed by atoms with Crippen molar-refractivity contribution in [2.45, 2.75) is 13.3 Å². The minimum atomic E-state index is -0.570. The van der Waals surface area contributed by atoms with Crippen molar-refractivity contribution in [2.24, 2.45) is 0 Å². The molecule has 0 fully saturated rings. The number of rotatable bonds is 8. The Morgan fingerprint density at radius 3 is 2.18 bits per heavy atom. The van der Waals surface area contributed by atoms with Crippen LogP contribution in [0.15, 0.2) is 30.3 Å². The van der Waals surface area contributed by atoms with Crippen LogP contribution < -0.4 is 19.5 Å². The Bertz CT molecular complexity index is 843. The number of benzene rings is 2. The van der Waals surface area contributed by atoms with Crippen LogP contribution in [0.1, 0.15) is 11.1 Å². The van der Waals surface area contributed by atoms with E-state index in [1.807, 2.05) is 13.0 Å². The summed E-state index contributed by atoms with van der Waals surface area (Å²) in [6, 6.07) is 8.53. The molecule has 0 unspecified atom stereocenters. The highest BCUT2D eigenvalue weighted by atomic mass is 35.5. The van der Waals surface area contributed by atoms with Gasteiger partial charge in [-0.2, -0.15) is 0 Å². The average Bonchev–Trinajstić information content (AvgIpc) is 2.67. The summed E-state index contributed by atoms with van der Waals surface area (Å²) in [7, 11) is 4.47. The smallest absolute Gasteiger partial charge is 0.310 e. The van der Waals surface area contributed by atoms with E-state index in [-0.39, 0.29) is 6.42 Å². The van der Waals surface area contributed by atoms with Crippen molar-refractivity contribution in [3.63, 3.8) is 0 Å². The molecule has 2 aromatic rings. The summed E-state index contributed by atoms with van der Waals surface area (Å²) in [4.78, 5) is 24.1. The summed E-state index contributed by atoms with van der Waals surface area (Å²) in [6.07, 6.45) is -0.0602. The van der Waals surface area contributed by atoms with Gasteiger partial charge in [-0.25, -0.2) is 0 Å². The minimum Gasteiger partial charge on any atom is -0.493 e. The van der Waals surface area contributed by atoms with E-state index >= 15 is 0 Å². The van der Waals surface area contributed by atoms with Crippen LogP contribution in [-0.4, -0.2) is 39.8 Å². The van der Waals surface area contributed by atoms with Crippen molar-refractivity contribution >= 4 is 29.2 Å². The lowest BCUT2D eigenvalue weighted by atomic mass is 10.1. The number of anilines is 1. The molecule has 0 saturated heterocycles. The number of amides is 1. The van der Waals surface area contributed by atoms with Crippen molar-refractivity contribution in [1.29, 1.82) is 0 Å². The maximum Gasteiger partial charge on any atom is 0.310 e. The molecule has 0 heterocycles. The summed E-state index contributed by atoms with van der Waals surface area (Å²) in [5, 5.41) is 3.02. The zero-order valence-electron chi connectivity index (χ0n) is 16.1. The number of aryl methyl sites for hydroxylation is 1. The molecule has 2 rings (SSSR count). The van der Waals surface area contributed by atoms with Gasteiger partial charge in [0.05, 0.1) is 38.5 Å². The predicted molar refractivity (Wildman–Crippen MR) is 106 cm³/mol. The van der Waals surface area contributed by atoms with Gasteiger partial charge in [-0.15, -0.1) is 0 Å². The molecule has 1 amide bonds. The molecule has 0 aliphatic heterocycles. The lowest BCUT2D eigenvalue weighted by Crippen LogP contribution is -2.21. The van der Waals surface area contributed by atoms with Gasteiger partial charge in [-0.1, -0.05) is 17.7 Å². The number of esters is 1. The third-order valence-electron chi connectivity index (χ3n) is 3.84. The molecule has 0 atom stereocenters. The highest BCUT2D eigenvalue weighted by Crippen LogP contribution is 2.38. The zero-order chi connectivity index (χ0) is 20.7. The fourth-order valence-corrected chi connectivity index (χ4v) is 2.79. The Morgan fingerprint density at radius 2 is 1.64 bits per heavy atom. The van der Waals surface area contributed by atoms with E-state index in [0.717, 1.165) is 5.56 Å². The van der Waals surface area contributed by atoms with Gasteiger partial charge in [0.15, 0.2) is 18.1 Å². The molecule has 0 aliphatic carbocycles. The second-order valence-electron chi connectivity index (χ2n) is 5.90. The van der Waals surface area contributed by atoms with Gasteiger partial charge >= 0.3 is 5.97 Å². The van der Waals surface area contributed by atoms with Crippen molar-refractivity contribution in [1.82, 2.24) is 0 Å². The first-order chi connectivity index (χ1) is 13.4. The van der Waals surface area contributed by atoms with Gasteiger partial charge < -0.3 is 24.3 Å². The Balaban J connectivity index is 1.96. The molecule has 0 aromatic heterocycles. The van der Waals surface area contributed by atoms with Crippen LogP contribution in [0.2, 0.25) is 5.02 Å². The maximum atomic E-state index is 12.1. The summed E-state index contributed by atoms with van der Waals surface area (Å²) >= 11 is 6.07. The highest BCUT2D eigenvalue weighted by Gasteiger charge is 2.16. The van der Waals surface area contributed by atoms with Gasteiger partial charge in [0.2, 0.25) is 5.75 Å². The number of halogens is 1. The van der Waals surface area contributed by atoms with E-state index in [1.54, 1.807) is 24.3 Å². The largest absolute Gasteiger partial charge is 0.493 e. The lowest BCUT2D eigenvalue weighted by Gasteiger charge is -2.14. The molecule has 0 aliphatic rings. The summed E-state index contributed by atoms with van der Waals surface area (Å²) < 4.78 is 20.8. The predicted octanol–water partition coefficient (Wildman–Crippen LogP) is 3.40. The molecule has 28 heavy (non-hydrogen) atoms. The number of carbonyl (C=O) groups excluding carboxylic acids is 2. The first-order valence-electron chi connectivity index (χ1n) is 8.38. The number of methoxy groups -OCH3 is 3. The minimum absolute atomic E-state index is 0.0602. The van der Waals surface area contributed by atoms with E-state index in [4.69, 9.17) is 30.5 Å². The van der Waals surface area contributed by atoms with Crippen LogP contribution in [0.25, 0.3) is 0 Å². The fourth-order valence-electron chi connectivity index (χ4n) is 2.51. The molecule has 0 radical (unpaired) electrons. The van der Waals surface area contributed by atoms with Gasteiger partial charge in [0.1, 0.15) is 0 Å². The second kappa shape index (κ2) is 9.85. The fraction of sp³-hybridized carbons (Fsp3) is 0.300. The quantitative estimate of drug-likeness (QED) is 0.675. The third-order valence-corrected chi connectivity index (χ3v) is 4.15. The molecule has 0 spiro atoms. The van der Waals surface area contributed by atoms with Crippen LogP contribution in [0.5, 0.6) is 17.2 Å². The van der Waals surface area contributed by atoms with Crippen LogP contribution >= 0.6 is 11.6 Å². The Hall–Kier alpha value is -2.93. The lowest BCUT2D eigenvalue weighted by molar-refractivity contribution is -0.146. The molecule has 8 heteroatoms. The third kappa shape index (κ3) is 5.53. The molecule has 0 saturated carbocycles. The number of carbonyl (C=O) groups is 2. The van der Waals surface area contributed by atoms with Crippen LogP contribution in [0, 0.1) is 6.92 Å². The molecule has 0 bridgehead atoms. The SMILES string of the molecule is COc1cc(CC(=O)OCC(=O)Nc2ccc(C)cc2Cl)cc(OC)c1OC. The Labute approximate surface area is 168 Å². The zero-order valence-corrected chi connectivity index (χ0v) is 16.9. The normalized spacial score (nSPS) is 10.2. The standard InChI is InChI=1S/C20H22ClNO6/c1-12-5-6-15(14(21)7-12)22-18(23)11-28-19(24)10-13-8-16(25-2)20(27-4)17(9-13)26-3/h5-9H,10-11H2,1-4H3,(H,22,23). The summed E-state index contributed by atoms with van der Waals surface area (Å²) in [5.41, 5.74) is 2.03. The van der Waals surface area contributed by atoms with E-state index in [2.05, 4.69) is 5.32 Å². The number of hydrogen-bond donors (Lipinski definition) is 1. The van der Waals surface area contributed by atoms with Crippen molar-refractivity contribution in [3.05, 3.63) is 46.5 Å². The number of nitrogens with one attached hydrogen (secondary N) is 1. The average molecular weight is 408 g/mol. The van der Waals surface area contributed by atoms with Crippen molar-refractivity contribution in [2.75, 3.05) is 33.3 Å². The summed E-state index contributed by atoms with van der Waals surface area (Å²) in [6.45, 7) is 1.47. The highest BCUT2D eigenvalue weighted by molar-refractivity contribution is 6.33. The first kappa shape index (κ1) is 21.4. The Morgan fingerprint density at radius 1 is 1.00 bits per heavy atom. The van der Waals surface area contributed by atoms with Gasteiger partial charge in [0, 0.05) is 0 Å². The first-order valence-corrected chi connectivity index (χ1v) is 8.76. The van der Waals surface area contributed by atoms with Gasteiger partial charge in [-0.05, 0) is 42.3 Å². The van der Waals surface area contributed by atoms with Crippen LogP contribution in [0.3, 0.4) is 0 Å². The van der Waals surface area contributed by atoms with E-state index in [0.29, 0.717) is 33.5 Å². The van der Waals surface area contributed by atoms with Gasteiger partial charge in [0.25, 0.3) is 5.91 Å². The molecule has 150 valence electrons. The topological polar surface area (TPSA) is 83.1 Å². The monoisotopic (exact) mass is 407 g/mol. The van der Waals surface area contributed by atoms with E-state index in [9.17, 15) is 9.59 Å². The molecule has 2 aromatic carbocycles. The summed E-state index contributed by atoms with van der Waals surface area (Å²) in [5.74, 6) is 0.229. The van der Waals surface area contributed by atoms with Crippen LogP contribution in [0.4, 0.5) is 5.69 Å². The second-order valence-corrected chi connectivity index (χ2v) is 6.31. The van der Waals surface area contributed by atoms with Crippen molar-refractivity contribution in [3.8, 4) is 17.2 Å². The van der Waals surface area contributed by atoms with Crippen LogP contribution in [-0.2, 0) is 20.7 Å². The molecule has 1 N–H and O–H groups in total. The van der Waals surface area contributed by atoms with Gasteiger partial charge in [-0.3, -0.25) is 9.59 Å². The van der Waals surface area contributed by atoms with E-state index in [1.165, 1.54) is 21.3 Å². The molecular formula is C20H22ClNO6. The number of ether oxygens (including phenoxy) is 4. The van der Waals surface area contributed by atoms with Crippen molar-refractivity contribution < 1.29 is 28.5 Å². The van der Waals surface area contributed by atoms with E-state index < -0.39 is 18.5 Å². The Kier molecular flexibility index (Phi) is 7.52. The maximum absolute atomic E-state index is 12.1. The number of hydrogen-bond acceptors (Lipinski definition) is 6. The molecule has 7 nitrogen and oxygen atoms in total.